The number of fused-ring (bicyclic) bond motifs is 5. The minimum atomic E-state index is -0.314. The molecule has 0 aromatic rings. The van der Waals surface area contributed by atoms with E-state index >= 15 is 0 Å². The van der Waals surface area contributed by atoms with E-state index in [1.165, 1.54) is 19.3 Å². The normalized spacial score (nSPS) is 53.3. The van der Waals surface area contributed by atoms with Gasteiger partial charge < -0.3 is 9.84 Å². The molecule has 4 aliphatic carbocycles. The van der Waals surface area contributed by atoms with Gasteiger partial charge in [-0.2, -0.15) is 0 Å². The molecular weight excluding hydrogens is 324 g/mol. The summed E-state index contributed by atoms with van der Waals surface area (Å²) in [6, 6.07) is 0. The lowest BCUT2D eigenvalue weighted by Crippen LogP contribution is -2.58. The Kier molecular flexibility index (Phi) is 4.63. The van der Waals surface area contributed by atoms with Crippen LogP contribution in [0.3, 0.4) is 0 Å². The van der Waals surface area contributed by atoms with Crippen molar-refractivity contribution in [1.29, 1.82) is 0 Å². The Labute approximate surface area is 158 Å². The van der Waals surface area contributed by atoms with Crippen LogP contribution in [0, 0.1) is 40.4 Å². The van der Waals surface area contributed by atoms with Crippen molar-refractivity contribution in [2.45, 2.75) is 77.4 Å². The maximum absolute atomic E-state index is 12.8. The molecule has 0 radical (unpaired) electrons. The minimum Gasteiger partial charge on any atom is -0.390 e. The van der Waals surface area contributed by atoms with E-state index in [2.05, 4.69) is 19.6 Å². The lowest BCUT2D eigenvalue weighted by molar-refractivity contribution is -0.171. The Morgan fingerprint density at radius 2 is 1.96 bits per heavy atom. The van der Waals surface area contributed by atoms with Gasteiger partial charge in [0.05, 0.1) is 12.2 Å². The third-order valence-electron chi connectivity index (χ3n) is 9.48. The third kappa shape index (κ3) is 2.35. The van der Waals surface area contributed by atoms with Gasteiger partial charge in [0, 0.05) is 12.5 Å². The Bertz CT molecular complexity index is 586. The molecule has 0 amide bonds. The number of methoxy groups -OCH3 is 1. The number of Topliss-reactive ketones (excluding diaryl/α,β-unsaturated/α-hetero) is 1. The van der Waals surface area contributed by atoms with Crippen LogP contribution in [0.4, 0.5) is 0 Å². The van der Waals surface area contributed by atoms with Crippen molar-refractivity contribution in [3.63, 3.8) is 0 Å². The molecule has 0 spiro atoms. The second kappa shape index (κ2) is 6.44. The van der Waals surface area contributed by atoms with Crippen molar-refractivity contribution < 1.29 is 14.6 Å². The molecule has 4 rings (SSSR count). The van der Waals surface area contributed by atoms with Gasteiger partial charge in [-0.25, -0.2) is 0 Å². The average Bonchev–Trinajstić information content (AvgIpc) is 3.02. The van der Waals surface area contributed by atoms with Gasteiger partial charge in [0.1, 0.15) is 5.78 Å². The number of carbonyl (C=O) groups excluding carboxylic acids is 1. The van der Waals surface area contributed by atoms with Gasteiger partial charge in [0.25, 0.3) is 0 Å². The summed E-state index contributed by atoms with van der Waals surface area (Å²) in [5.41, 5.74) is 0.110. The van der Waals surface area contributed by atoms with Crippen LogP contribution in [0.2, 0.25) is 0 Å². The highest BCUT2D eigenvalue weighted by Crippen LogP contribution is 2.68. The highest BCUT2D eigenvalue weighted by Gasteiger charge is 2.63. The molecule has 1 N–H and O–H groups in total. The number of aliphatic hydroxyl groups excluding tert-OH is 1. The minimum absolute atomic E-state index is 0.0287. The van der Waals surface area contributed by atoms with Crippen molar-refractivity contribution in [2.75, 3.05) is 7.11 Å². The lowest BCUT2D eigenvalue weighted by Gasteiger charge is -2.61. The second-order valence-electron chi connectivity index (χ2n) is 9.99. The molecule has 3 heteroatoms. The summed E-state index contributed by atoms with van der Waals surface area (Å²) in [5, 5.41) is 10.5. The van der Waals surface area contributed by atoms with Gasteiger partial charge in [-0.05, 0) is 93.3 Å². The first-order chi connectivity index (χ1) is 12.4. The standard InChI is InChI=1S/C23H36O3/c1-5-15-7-9-19-17-8-6-16-12-20(25)21(26-4)13-22(16,3)18(17)10-11-23(15,19)14(2)24/h5,15-21,25H,1,6-13H2,2-4H3/t15-,16-,17?,18?,19?,20-,21-,22-,23+/m0/s1. The molecule has 0 heterocycles. The van der Waals surface area contributed by atoms with Crippen LogP contribution in [0.1, 0.15) is 65.2 Å². The fraction of sp³-hybridized carbons (Fsp3) is 0.870. The largest absolute Gasteiger partial charge is 0.390 e. The molecule has 0 aliphatic heterocycles. The highest BCUT2D eigenvalue weighted by molar-refractivity contribution is 5.84. The van der Waals surface area contributed by atoms with Crippen LogP contribution in [-0.4, -0.2) is 30.2 Å². The van der Waals surface area contributed by atoms with E-state index in [9.17, 15) is 9.90 Å². The summed E-state index contributed by atoms with van der Waals surface area (Å²) in [6.07, 6.45) is 10.5. The van der Waals surface area contributed by atoms with Crippen molar-refractivity contribution >= 4 is 5.78 Å². The number of carbonyl (C=O) groups is 1. The Balaban J connectivity index is 1.66. The second-order valence-corrected chi connectivity index (χ2v) is 9.99. The fourth-order valence-corrected chi connectivity index (χ4v) is 8.24. The summed E-state index contributed by atoms with van der Waals surface area (Å²) < 4.78 is 5.66. The summed E-state index contributed by atoms with van der Waals surface area (Å²) >= 11 is 0. The predicted molar refractivity (Wildman–Crippen MR) is 103 cm³/mol. The molecule has 146 valence electrons. The van der Waals surface area contributed by atoms with Crippen LogP contribution >= 0.6 is 0 Å². The molecule has 0 saturated heterocycles. The number of ether oxygens (including phenoxy) is 1. The number of ketones is 1. The van der Waals surface area contributed by atoms with E-state index in [4.69, 9.17) is 4.74 Å². The molecule has 26 heavy (non-hydrogen) atoms. The zero-order valence-electron chi connectivity index (χ0n) is 16.7. The number of aliphatic hydroxyl groups is 1. The van der Waals surface area contributed by atoms with E-state index in [1.54, 1.807) is 7.11 Å². The smallest absolute Gasteiger partial charge is 0.136 e. The molecule has 0 aromatic heterocycles. The Morgan fingerprint density at radius 3 is 2.62 bits per heavy atom. The van der Waals surface area contributed by atoms with Gasteiger partial charge in [-0.15, -0.1) is 6.58 Å². The molecule has 3 unspecified atom stereocenters. The summed E-state index contributed by atoms with van der Waals surface area (Å²) in [4.78, 5) is 12.8. The fourth-order valence-electron chi connectivity index (χ4n) is 8.24. The molecule has 9 atom stereocenters. The van der Waals surface area contributed by atoms with E-state index in [1.807, 2.05) is 6.92 Å². The van der Waals surface area contributed by atoms with Crippen LogP contribution in [0.5, 0.6) is 0 Å². The van der Waals surface area contributed by atoms with Crippen molar-refractivity contribution in [3.8, 4) is 0 Å². The first kappa shape index (κ1) is 18.7. The molecule has 0 aromatic carbocycles. The summed E-state index contributed by atoms with van der Waals surface area (Å²) in [6.45, 7) is 8.38. The lowest BCUT2D eigenvalue weighted by atomic mass is 9.43. The van der Waals surface area contributed by atoms with Crippen LogP contribution in [-0.2, 0) is 9.53 Å². The monoisotopic (exact) mass is 360 g/mol. The average molecular weight is 361 g/mol. The van der Waals surface area contributed by atoms with E-state index in [-0.39, 0.29) is 23.0 Å². The van der Waals surface area contributed by atoms with Gasteiger partial charge in [0.2, 0.25) is 0 Å². The molecule has 4 fully saturated rings. The van der Waals surface area contributed by atoms with Gasteiger partial charge >= 0.3 is 0 Å². The number of rotatable bonds is 3. The van der Waals surface area contributed by atoms with Crippen molar-refractivity contribution in [2.24, 2.45) is 40.4 Å². The van der Waals surface area contributed by atoms with Crippen molar-refractivity contribution in [1.82, 2.24) is 0 Å². The van der Waals surface area contributed by atoms with Crippen LogP contribution in [0.25, 0.3) is 0 Å². The van der Waals surface area contributed by atoms with Gasteiger partial charge in [-0.3, -0.25) is 4.79 Å². The maximum Gasteiger partial charge on any atom is 0.136 e. The zero-order chi connectivity index (χ0) is 18.7. The summed E-state index contributed by atoms with van der Waals surface area (Å²) in [7, 11) is 1.74. The first-order valence-corrected chi connectivity index (χ1v) is 10.7. The molecule has 4 saturated carbocycles. The highest BCUT2D eigenvalue weighted by atomic mass is 16.5. The van der Waals surface area contributed by atoms with E-state index in [0.29, 0.717) is 35.4 Å². The topological polar surface area (TPSA) is 46.5 Å². The van der Waals surface area contributed by atoms with E-state index in [0.717, 1.165) is 32.1 Å². The quantitative estimate of drug-likeness (QED) is 0.760. The van der Waals surface area contributed by atoms with E-state index < -0.39 is 0 Å². The van der Waals surface area contributed by atoms with Crippen molar-refractivity contribution in [3.05, 3.63) is 12.7 Å². The first-order valence-electron chi connectivity index (χ1n) is 10.7. The number of hydrogen-bond acceptors (Lipinski definition) is 3. The molecule has 3 nitrogen and oxygen atoms in total. The third-order valence-corrected chi connectivity index (χ3v) is 9.48. The van der Waals surface area contributed by atoms with Gasteiger partial charge in [0.15, 0.2) is 0 Å². The number of allylic oxidation sites excluding steroid dienone is 1. The Morgan fingerprint density at radius 1 is 1.19 bits per heavy atom. The van der Waals surface area contributed by atoms with Gasteiger partial charge in [-0.1, -0.05) is 13.0 Å². The SMILES string of the molecule is C=C[C@H]1CCC2C3CC[C@H]4C[C@H](O)[C@@H](OC)C[C@]4(C)C3CC[C@]21C(C)=O. The molecule has 4 aliphatic rings. The van der Waals surface area contributed by atoms with Crippen LogP contribution < -0.4 is 0 Å². The maximum atomic E-state index is 12.8. The van der Waals surface area contributed by atoms with Crippen LogP contribution in [0.15, 0.2) is 12.7 Å². The Hall–Kier alpha value is -0.670. The molecule has 0 bridgehead atoms. The molecular formula is C23H36O3. The predicted octanol–water partition coefficient (Wildman–Crippen LogP) is 4.39. The number of hydrogen-bond donors (Lipinski definition) is 1. The summed E-state index contributed by atoms with van der Waals surface area (Å²) in [5.74, 6) is 3.25. The zero-order valence-corrected chi connectivity index (χ0v) is 16.7.